The first-order valence-electron chi connectivity index (χ1n) is 5.47. The van der Waals surface area contributed by atoms with E-state index in [1.165, 1.54) is 12.1 Å². The van der Waals surface area contributed by atoms with Gasteiger partial charge in [0.2, 0.25) is 0 Å². The highest BCUT2D eigenvalue weighted by molar-refractivity contribution is 5.85. The molecule has 0 bridgehead atoms. The topological polar surface area (TPSA) is 32.3 Å². The third-order valence-electron chi connectivity index (χ3n) is 2.89. The summed E-state index contributed by atoms with van der Waals surface area (Å²) >= 11 is 0. The molecular weight excluding hydrogens is 243 g/mol. The summed E-state index contributed by atoms with van der Waals surface area (Å²) < 4.78 is 12.8. The van der Waals surface area contributed by atoms with Crippen molar-refractivity contribution in [2.75, 3.05) is 26.2 Å². The molecule has 0 saturated carbocycles. The molecule has 0 aliphatic carbocycles. The number of aldehydes is 1. The van der Waals surface area contributed by atoms with E-state index < -0.39 is 0 Å². The smallest absolute Gasteiger partial charge is 0.141 e. The Morgan fingerprint density at radius 3 is 2.35 bits per heavy atom. The maximum absolute atomic E-state index is 12.8. The summed E-state index contributed by atoms with van der Waals surface area (Å²) in [6.45, 7) is 3.48. The van der Waals surface area contributed by atoms with Crippen LogP contribution >= 0.6 is 12.4 Å². The fourth-order valence-corrected chi connectivity index (χ4v) is 2.00. The maximum atomic E-state index is 12.8. The predicted molar refractivity (Wildman–Crippen MR) is 66.9 cm³/mol. The number of rotatable bonds is 3. The van der Waals surface area contributed by atoms with Crippen molar-refractivity contribution in [3.63, 3.8) is 0 Å². The lowest BCUT2D eigenvalue weighted by Gasteiger charge is -2.32. The monoisotopic (exact) mass is 258 g/mol. The molecule has 0 aromatic heterocycles. The highest BCUT2D eigenvalue weighted by Crippen LogP contribution is 2.19. The molecule has 0 amide bonds. The van der Waals surface area contributed by atoms with E-state index in [0.29, 0.717) is 0 Å². The molecule has 1 N–H and O–H groups in total. The van der Waals surface area contributed by atoms with E-state index >= 15 is 0 Å². The average molecular weight is 259 g/mol. The lowest BCUT2D eigenvalue weighted by Crippen LogP contribution is -2.45. The average Bonchev–Trinajstić information content (AvgIpc) is 2.34. The van der Waals surface area contributed by atoms with Gasteiger partial charge in [0, 0.05) is 26.2 Å². The third-order valence-corrected chi connectivity index (χ3v) is 2.89. The second kappa shape index (κ2) is 6.69. The second-order valence-corrected chi connectivity index (χ2v) is 3.92. The Morgan fingerprint density at radius 2 is 1.82 bits per heavy atom. The van der Waals surface area contributed by atoms with Crippen LogP contribution in [0, 0.1) is 5.82 Å². The van der Waals surface area contributed by atoms with Gasteiger partial charge in [-0.15, -0.1) is 12.4 Å². The van der Waals surface area contributed by atoms with E-state index in [-0.39, 0.29) is 24.3 Å². The van der Waals surface area contributed by atoms with Gasteiger partial charge in [-0.1, -0.05) is 12.1 Å². The van der Waals surface area contributed by atoms with E-state index in [4.69, 9.17) is 0 Å². The molecule has 17 heavy (non-hydrogen) atoms. The summed E-state index contributed by atoms with van der Waals surface area (Å²) in [6, 6.07) is 5.90. The molecule has 1 atom stereocenters. The standard InChI is InChI=1S/C12H15FN2O.ClH/c13-11-3-1-10(2-4-11)12(9-16)15-7-5-14-6-8-15;/h1-4,9,12,14H,5-8H2;1H. The van der Waals surface area contributed by atoms with Crippen LogP contribution in [0.15, 0.2) is 24.3 Å². The predicted octanol–water partition coefficient (Wildman–Crippen LogP) is 1.39. The molecule has 1 aliphatic heterocycles. The highest BCUT2D eigenvalue weighted by atomic mass is 35.5. The number of halogens is 2. The summed E-state index contributed by atoms with van der Waals surface area (Å²) in [5.41, 5.74) is 0.860. The van der Waals surface area contributed by atoms with Gasteiger partial charge in [-0.2, -0.15) is 0 Å². The first-order chi connectivity index (χ1) is 7.81. The number of carbonyl (C=O) groups is 1. The van der Waals surface area contributed by atoms with Gasteiger partial charge < -0.3 is 10.1 Å². The van der Waals surface area contributed by atoms with Crippen molar-refractivity contribution in [2.24, 2.45) is 0 Å². The molecule has 3 nitrogen and oxygen atoms in total. The van der Waals surface area contributed by atoms with E-state index in [1.807, 2.05) is 0 Å². The Labute approximate surface area is 106 Å². The molecule has 1 heterocycles. The van der Waals surface area contributed by atoms with Crippen LogP contribution in [0.2, 0.25) is 0 Å². The lowest BCUT2D eigenvalue weighted by molar-refractivity contribution is -0.112. The quantitative estimate of drug-likeness (QED) is 0.832. The van der Waals surface area contributed by atoms with Crippen molar-refractivity contribution in [1.82, 2.24) is 10.2 Å². The molecule has 0 spiro atoms. The highest BCUT2D eigenvalue weighted by Gasteiger charge is 2.21. The molecular formula is C12H16ClFN2O. The largest absolute Gasteiger partial charge is 0.314 e. The molecule has 0 radical (unpaired) electrons. The summed E-state index contributed by atoms with van der Waals surface area (Å²) in [5, 5.41) is 3.24. The van der Waals surface area contributed by atoms with Crippen molar-refractivity contribution in [3.8, 4) is 0 Å². The van der Waals surface area contributed by atoms with Crippen LogP contribution < -0.4 is 5.32 Å². The Kier molecular flexibility index (Phi) is 5.55. The van der Waals surface area contributed by atoms with Crippen molar-refractivity contribution in [1.29, 1.82) is 0 Å². The van der Waals surface area contributed by atoms with Crippen LogP contribution in [0.4, 0.5) is 4.39 Å². The fourth-order valence-electron chi connectivity index (χ4n) is 2.00. The number of hydrogen-bond donors (Lipinski definition) is 1. The van der Waals surface area contributed by atoms with Crippen LogP contribution in [0.1, 0.15) is 11.6 Å². The molecule has 5 heteroatoms. The minimum Gasteiger partial charge on any atom is -0.314 e. The van der Waals surface area contributed by atoms with E-state index in [0.717, 1.165) is 38.0 Å². The first kappa shape index (κ1) is 14.1. The van der Waals surface area contributed by atoms with Gasteiger partial charge >= 0.3 is 0 Å². The second-order valence-electron chi connectivity index (χ2n) is 3.92. The SMILES string of the molecule is Cl.O=CC(c1ccc(F)cc1)N1CCNCC1. The lowest BCUT2D eigenvalue weighted by atomic mass is 10.1. The normalized spacial score (nSPS) is 18.2. The van der Waals surface area contributed by atoms with Crippen molar-refractivity contribution >= 4 is 18.7 Å². The Bertz CT molecular complexity index is 352. The van der Waals surface area contributed by atoms with Crippen LogP contribution in [-0.2, 0) is 4.79 Å². The number of benzene rings is 1. The Morgan fingerprint density at radius 1 is 1.24 bits per heavy atom. The van der Waals surface area contributed by atoms with Gasteiger partial charge in [-0.3, -0.25) is 4.90 Å². The minimum absolute atomic E-state index is 0. The van der Waals surface area contributed by atoms with Crippen molar-refractivity contribution in [3.05, 3.63) is 35.6 Å². The number of piperazine rings is 1. The minimum atomic E-state index is -0.270. The van der Waals surface area contributed by atoms with Gasteiger partial charge in [0.05, 0.1) is 6.04 Å². The first-order valence-corrected chi connectivity index (χ1v) is 5.47. The molecule has 1 saturated heterocycles. The van der Waals surface area contributed by atoms with Crippen molar-refractivity contribution < 1.29 is 9.18 Å². The summed E-state index contributed by atoms with van der Waals surface area (Å²) in [4.78, 5) is 13.2. The summed E-state index contributed by atoms with van der Waals surface area (Å²) in [7, 11) is 0. The maximum Gasteiger partial charge on any atom is 0.141 e. The number of hydrogen-bond acceptors (Lipinski definition) is 3. The zero-order valence-electron chi connectivity index (χ0n) is 9.43. The van der Waals surface area contributed by atoms with Gasteiger partial charge in [0.25, 0.3) is 0 Å². The van der Waals surface area contributed by atoms with E-state index in [9.17, 15) is 9.18 Å². The molecule has 2 rings (SSSR count). The number of carbonyl (C=O) groups excluding carboxylic acids is 1. The van der Waals surface area contributed by atoms with E-state index in [1.54, 1.807) is 12.1 Å². The molecule has 1 aromatic carbocycles. The van der Waals surface area contributed by atoms with Gasteiger partial charge in [-0.25, -0.2) is 4.39 Å². The van der Waals surface area contributed by atoms with Crippen LogP contribution in [0.25, 0.3) is 0 Å². The summed E-state index contributed by atoms with van der Waals surface area (Å²) in [5.74, 6) is -0.270. The van der Waals surface area contributed by atoms with Crippen molar-refractivity contribution in [2.45, 2.75) is 6.04 Å². The van der Waals surface area contributed by atoms with Crippen LogP contribution in [0.3, 0.4) is 0 Å². The number of nitrogens with zero attached hydrogens (tertiary/aromatic N) is 1. The van der Waals surface area contributed by atoms with Gasteiger partial charge in [0.15, 0.2) is 0 Å². The van der Waals surface area contributed by atoms with Crippen LogP contribution in [0.5, 0.6) is 0 Å². The molecule has 1 unspecified atom stereocenters. The molecule has 1 aromatic rings. The number of nitrogens with one attached hydrogen (secondary N) is 1. The zero-order valence-corrected chi connectivity index (χ0v) is 10.3. The van der Waals surface area contributed by atoms with Gasteiger partial charge in [0.1, 0.15) is 12.1 Å². The van der Waals surface area contributed by atoms with E-state index in [2.05, 4.69) is 10.2 Å². The Hall–Kier alpha value is -0.970. The third kappa shape index (κ3) is 3.49. The van der Waals surface area contributed by atoms with Crippen LogP contribution in [-0.4, -0.2) is 37.4 Å². The molecule has 1 aliphatic rings. The molecule has 1 fully saturated rings. The molecule has 94 valence electrons. The fraction of sp³-hybridized carbons (Fsp3) is 0.417. The zero-order chi connectivity index (χ0) is 11.4. The summed E-state index contributed by atoms with van der Waals surface area (Å²) in [6.07, 6.45) is 0.929. The van der Waals surface area contributed by atoms with Gasteiger partial charge in [-0.05, 0) is 17.7 Å². The Balaban J connectivity index is 0.00000144.